The smallest absolute Gasteiger partial charge is 0.128 e. The van der Waals surface area contributed by atoms with Crippen LogP contribution in [-0.2, 0) is 11.2 Å². The van der Waals surface area contributed by atoms with E-state index in [4.69, 9.17) is 9.72 Å². The van der Waals surface area contributed by atoms with Gasteiger partial charge in [0.15, 0.2) is 0 Å². The van der Waals surface area contributed by atoms with Crippen LogP contribution in [0.15, 0.2) is 12.1 Å². The summed E-state index contributed by atoms with van der Waals surface area (Å²) in [5.74, 6) is 1.62. The van der Waals surface area contributed by atoms with Gasteiger partial charge in [0.2, 0.25) is 0 Å². The lowest BCUT2D eigenvalue weighted by atomic mass is 10.0. The molecule has 0 aliphatic carbocycles. The van der Waals surface area contributed by atoms with Gasteiger partial charge in [-0.3, -0.25) is 0 Å². The third-order valence-corrected chi connectivity index (χ3v) is 4.03. The molecule has 1 aromatic rings. The molecule has 0 amide bonds. The van der Waals surface area contributed by atoms with Gasteiger partial charge in [-0.15, -0.1) is 0 Å². The van der Waals surface area contributed by atoms with Crippen molar-refractivity contribution in [2.45, 2.75) is 39.5 Å². The molecule has 1 fully saturated rings. The Kier molecular flexibility index (Phi) is 6.46. The van der Waals surface area contributed by atoms with Crippen LogP contribution in [0.5, 0.6) is 0 Å². The van der Waals surface area contributed by atoms with E-state index in [0.717, 1.165) is 58.1 Å². The lowest BCUT2D eigenvalue weighted by molar-refractivity contribution is 0.152. The predicted octanol–water partition coefficient (Wildman–Crippen LogP) is 2.58. The minimum absolute atomic E-state index is 0.501. The van der Waals surface area contributed by atoms with E-state index in [1.165, 1.54) is 11.3 Å². The summed E-state index contributed by atoms with van der Waals surface area (Å²) in [4.78, 5) is 7.31. The first-order chi connectivity index (χ1) is 10.3. The second-order valence-corrected chi connectivity index (χ2v) is 5.52. The highest BCUT2D eigenvalue weighted by molar-refractivity contribution is 5.43. The van der Waals surface area contributed by atoms with Gasteiger partial charge in [-0.2, -0.15) is 0 Å². The van der Waals surface area contributed by atoms with Crippen LogP contribution in [0.3, 0.4) is 0 Å². The van der Waals surface area contributed by atoms with Gasteiger partial charge in [0, 0.05) is 32.2 Å². The zero-order chi connectivity index (χ0) is 15.1. The Morgan fingerprint density at radius 1 is 1.24 bits per heavy atom. The van der Waals surface area contributed by atoms with E-state index >= 15 is 0 Å². The number of nitrogens with zero attached hydrogens (tertiary/aromatic N) is 2. The maximum Gasteiger partial charge on any atom is 0.128 e. The zero-order valence-corrected chi connectivity index (χ0v) is 13.7. The third-order valence-electron chi connectivity index (χ3n) is 4.03. The summed E-state index contributed by atoms with van der Waals surface area (Å²) >= 11 is 0. The molecule has 1 aromatic heterocycles. The standard InChI is InChI=1S/C15H23N3O.C2H6/c1-12-11-16-6-5-13-3-4-14(17-15(12)13)18-7-2-9-19-10-8-18;1-2/h3-4,12,16H,2,5-11H2,1H3;1-2H3. The van der Waals surface area contributed by atoms with Gasteiger partial charge in [-0.1, -0.05) is 26.8 Å². The average Bonchev–Trinajstić information content (AvgIpc) is 2.90. The highest BCUT2D eigenvalue weighted by Gasteiger charge is 2.18. The second kappa shape index (κ2) is 8.35. The Balaban J connectivity index is 0.000000774. The number of hydrogen-bond acceptors (Lipinski definition) is 4. The quantitative estimate of drug-likeness (QED) is 0.863. The second-order valence-electron chi connectivity index (χ2n) is 5.52. The topological polar surface area (TPSA) is 37.4 Å². The Hall–Kier alpha value is -1.13. The molecular formula is C17H29N3O. The van der Waals surface area contributed by atoms with Crippen molar-refractivity contribution >= 4 is 5.82 Å². The molecule has 0 radical (unpaired) electrons. The number of pyridine rings is 1. The lowest BCUT2D eigenvalue weighted by Crippen LogP contribution is -2.27. The number of rotatable bonds is 1. The van der Waals surface area contributed by atoms with Crippen molar-refractivity contribution in [2.24, 2.45) is 0 Å². The van der Waals surface area contributed by atoms with Crippen LogP contribution >= 0.6 is 0 Å². The molecular weight excluding hydrogens is 262 g/mol. The highest BCUT2D eigenvalue weighted by Crippen LogP contribution is 2.24. The minimum atomic E-state index is 0.501. The van der Waals surface area contributed by atoms with Crippen molar-refractivity contribution in [3.8, 4) is 0 Å². The number of aromatic nitrogens is 1. The summed E-state index contributed by atoms with van der Waals surface area (Å²) in [6, 6.07) is 4.45. The van der Waals surface area contributed by atoms with Gasteiger partial charge in [-0.05, 0) is 31.0 Å². The normalized spacial score (nSPS) is 22.4. The number of hydrogen-bond donors (Lipinski definition) is 1. The van der Waals surface area contributed by atoms with E-state index in [1.54, 1.807) is 0 Å². The molecule has 1 unspecified atom stereocenters. The molecule has 4 nitrogen and oxygen atoms in total. The molecule has 0 aromatic carbocycles. The lowest BCUT2D eigenvalue weighted by Gasteiger charge is -2.23. The summed E-state index contributed by atoms with van der Waals surface area (Å²) < 4.78 is 5.52. The molecule has 0 saturated carbocycles. The molecule has 1 saturated heterocycles. The summed E-state index contributed by atoms with van der Waals surface area (Å²) in [5.41, 5.74) is 2.69. The number of ether oxygens (including phenoxy) is 1. The molecule has 2 aliphatic heterocycles. The number of fused-ring (bicyclic) bond motifs is 1. The van der Waals surface area contributed by atoms with E-state index < -0.39 is 0 Å². The molecule has 0 bridgehead atoms. The molecule has 21 heavy (non-hydrogen) atoms. The minimum Gasteiger partial charge on any atom is -0.380 e. The fourth-order valence-corrected chi connectivity index (χ4v) is 2.92. The van der Waals surface area contributed by atoms with Crippen LogP contribution in [0.2, 0.25) is 0 Å². The predicted molar refractivity (Wildman–Crippen MR) is 88.2 cm³/mol. The maximum absolute atomic E-state index is 5.52. The first-order valence-electron chi connectivity index (χ1n) is 8.38. The summed E-state index contributed by atoms with van der Waals surface area (Å²) in [7, 11) is 0. The summed E-state index contributed by atoms with van der Waals surface area (Å²) in [6.07, 6.45) is 2.19. The Bertz CT molecular complexity index is 428. The fraction of sp³-hybridized carbons (Fsp3) is 0.706. The molecule has 1 atom stereocenters. The van der Waals surface area contributed by atoms with E-state index in [2.05, 4.69) is 29.3 Å². The number of anilines is 1. The summed E-state index contributed by atoms with van der Waals surface area (Å²) in [5, 5.41) is 3.48. The van der Waals surface area contributed by atoms with E-state index in [0.29, 0.717) is 5.92 Å². The SMILES string of the molecule is CC.CC1CNCCc2ccc(N3CCCOCC3)nc21. The van der Waals surface area contributed by atoms with E-state index in [1.807, 2.05) is 13.8 Å². The van der Waals surface area contributed by atoms with Crippen molar-refractivity contribution in [3.05, 3.63) is 23.4 Å². The van der Waals surface area contributed by atoms with Gasteiger partial charge in [0.25, 0.3) is 0 Å². The first-order valence-corrected chi connectivity index (χ1v) is 8.38. The van der Waals surface area contributed by atoms with Gasteiger partial charge in [0.1, 0.15) is 5.82 Å². The van der Waals surface area contributed by atoms with Crippen LogP contribution in [0.1, 0.15) is 44.4 Å². The van der Waals surface area contributed by atoms with E-state index in [9.17, 15) is 0 Å². The van der Waals surface area contributed by atoms with Crippen molar-refractivity contribution in [3.63, 3.8) is 0 Å². The average molecular weight is 291 g/mol. The molecule has 2 aliphatic rings. The molecule has 4 heteroatoms. The molecule has 3 rings (SSSR count). The van der Waals surface area contributed by atoms with Crippen LogP contribution in [0, 0.1) is 0 Å². The largest absolute Gasteiger partial charge is 0.380 e. The maximum atomic E-state index is 5.52. The zero-order valence-electron chi connectivity index (χ0n) is 13.7. The van der Waals surface area contributed by atoms with Crippen LogP contribution in [0.25, 0.3) is 0 Å². The Morgan fingerprint density at radius 2 is 2.10 bits per heavy atom. The Labute approximate surface area is 128 Å². The van der Waals surface area contributed by atoms with Crippen LogP contribution < -0.4 is 10.2 Å². The monoisotopic (exact) mass is 291 g/mol. The van der Waals surface area contributed by atoms with Gasteiger partial charge in [0.05, 0.1) is 12.3 Å². The molecule has 0 spiro atoms. The number of nitrogens with one attached hydrogen (secondary N) is 1. The third kappa shape index (κ3) is 4.17. The molecule has 1 N–H and O–H groups in total. The van der Waals surface area contributed by atoms with Crippen molar-refractivity contribution in [2.75, 3.05) is 44.3 Å². The molecule has 118 valence electrons. The fourth-order valence-electron chi connectivity index (χ4n) is 2.92. The van der Waals surface area contributed by atoms with Gasteiger partial charge in [-0.25, -0.2) is 4.98 Å². The van der Waals surface area contributed by atoms with Crippen LogP contribution in [-0.4, -0.2) is 44.4 Å². The summed E-state index contributed by atoms with van der Waals surface area (Å²) in [6.45, 7) is 12.1. The van der Waals surface area contributed by atoms with Crippen molar-refractivity contribution < 1.29 is 4.74 Å². The van der Waals surface area contributed by atoms with Gasteiger partial charge < -0.3 is 15.0 Å². The first kappa shape index (κ1) is 16.2. The van der Waals surface area contributed by atoms with Crippen molar-refractivity contribution in [1.82, 2.24) is 10.3 Å². The van der Waals surface area contributed by atoms with E-state index in [-0.39, 0.29) is 0 Å². The molecule has 3 heterocycles. The highest BCUT2D eigenvalue weighted by atomic mass is 16.5. The Morgan fingerprint density at radius 3 is 2.95 bits per heavy atom. The van der Waals surface area contributed by atoms with Crippen LogP contribution in [0.4, 0.5) is 5.82 Å². The van der Waals surface area contributed by atoms with Crippen molar-refractivity contribution in [1.29, 1.82) is 0 Å². The van der Waals surface area contributed by atoms with Gasteiger partial charge >= 0.3 is 0 Å².